The molecule has 0 N–H and O–H groups in total. The molecule has 1 aliphatic heterocycles. The summed E-state index contributed by atoms with van der Waals surface area (Å²) in [7, 11) is 0. The van der Waals surface area contributed by atoms with E-state index in [0.29, 0.717) is 30.1 Å². The molecular formula is C16H20N4O2S. The van der Waals surface area contributed by atoms with Crippen LogP contribution in [0.25, 0.3) is 11.4 Å². The van der Waals surface area contributed by atoms with Gasteiger partial charge in [0.15, 0.2) is 0 Å². The summed E-state index contributed by atoms with van der Waals surface area (Å²) in [5.41, 5.74) is 0.999. The number of carbonyl (C=O) groups is 1. The molecule has 1 saturated carbocycles. The van der Waals surface area contributed by atoms with Crippen LogP contribution in [0.2, 0.25) is 0 Å². The smallest absolute Gasteiger partial charge is 0.241 e. The van der Waals surface area contributed by atoms with Crippen molar-refractivity contribution in [3.63, 3.8) is 0 Å². The van der Waals surface area contributed by atoms with E-state index in [2.05, 4.69) is 22.0 Å². The summed E-state index contributed by atoms with van der Waals surface area (Å²) in [4.78, 5) is 21.0. The highest BCUT2D eigenvalue weighted by Crippen LogP contribution is 2.39. The topological polar surface area (TPSA) is 62.5 Å². The van der Waals surface area contributed by atoms with E-state index in [4.69, 9.17) is 4.52 Å². The Kier molecular flexibility index (Phi) is 3.90. The van der Waals surface area contributed by atoms with Crippen molar-refractivity contribution >= 4 is 17.2 Å². The van der Waals surface area contributed by atoms with Crippen molar-refractivity contribution in [2.24, 2.45) is 11.8 Å². The number of thiophene rings is 1. The first-order valence-electron chi connectivity index (χ1n) is 8.07. The van der Waals surface area contributed by atoms with E-state index in [1.807, 2.05) is 21.7 Å². The Balaban J connectivity index is 1.30. The summed E-state index contributed by atoms with van der Waals surface area (Å²) >= 11 is 1.62. The molecule has 2 aromatic rings. The fourth-order valence-electron chi connectivity index (χ4n) is 3.05. The highest BCUT2D eigenvalue weighted by Gasteiger charge is 2.41. The van der Waals surface area contributed by atoms with Gasteiger partial charge in [-0.2, -0.15) is 16.3 Å². The summed E-state index contributed by atoms with van der Waals surface area (Å²) < 4.78 is 5.35. The van der Waals surface area contributed by atoms with E-state index < -0.39 is 0 Å². The van der Waals surface area contributed by atoms with E-state index in [0.717, 1.165) is 38.2 Å². The molecule has 0 radical (unpaired) electrons. The SMILES string of the molecule is C[C@H]1C[C@@H]1C(=O)N1CCN(Cc2nc(-c3ccsc3)no2)CC1. The predicted molar refractivity (Wildman–Crippen MR) is 86.7 cm³/mol. The number of aromatic nitrogens is 2. The molecule has 1 amide bonds. The van der Waals surface area contributed by atoms with Crippen LogP contribution in [0, 0.1) is 11.8 Å². The molecule has 0 aromatic carbocycles. The van der Waals surface area contributed by atoms with Crippen LogP contribution in [0.5, 0.6) is 0 Å². The van der Waals surface area contributed by atoms with Gasteiger partial charge in [0.25, 0.3) is 0 Å². The maximum atomic E-state index is 12.2. The van der Waals surface area contributed by atoms with Crippen LogP contribution in [0.4, 0.5) is 0 Å². The first kappa shape index (κ1) is 14.8. The van der Waals surface area contributed by atoms with Crippen molar-refractivity contribution in [2.75, 3.05) is 26.2 Å². The van der Waals surface area contributed by atoms with Crippen molar-refractivity contribution in [3.8, 4) is 11.4 Å². The molecule has 2 aliphatic rings. The molecule has 23 heavy (non-hydrogen) atoms. The average Bonchev–Trinajstić information content (AvgIpc) is 3.00. The third-order valence-electron chi connectivity index (χ3n) is 4.72. The van der Waals surface area contributed by atoms with Crippen LogP contribution in [0.1, 0.15) is 19.2 Å². The summed E-state index contributed by atoms with van der Waals surface area (Å²) in [5, 5.41) is 8.05. The first-order chi connectivity index (χ1) is 11.2. The van der Waals surface area contributed by atoms with Crippen LogP contribution in [0.15, 0.2) is 21.3 Å². The van der Waals surface area contributed by atoms with Gasteiger partial charge in [-0.3, -0.25) is 9.69 Å². The van der Waals surface area contributed by atoms with Crippen LogP contribution in [-0.4, -0.2) is 52.0 Å². The zero-order valence-electron chi connectivity index (χ0n) is 13.1. The van der Waals surface area contributed by atoms with E-state index in [9.17, 15) is 4.79 Å². The molecular weight excluding hydrogens is 312 g/mol. The van der Waals surface area contributed by atoms with Gasteiger partial charge in [0, 0.05) is 43.0 Å². The highest BCUT2D eigenvalue weighted by molar-refractivity contribution is 7.08. The molecule has 2 aromatic heterocycles. The van der Waals surface area contributed by atoms with E-state index >= 15 is 0 Å². The predicted octanol–water partition coefficient (Wildman–Crippen LogP) is 2.10. The molecule has 1 saturated heterocycles. The monoisotopic (exact) mass is 332 g/mol. The molecule has 0 unspecified atom stereocenters. The maximum Gasteiger partial charge on any atom is 0.241 e. The first-order valence-corrected chi connectivity index (χ1v) is 9.01. The summed E-state index contributed by atoms with van der Waals surface area (Å²) in [5.74, 6) is 2.49. The lowest BCUT2D eigenvalue weighted by Gasteiger charge is -2.34. The fourth-order valence-corrected chi connectivity index (χ4v) is 3.68. The van der Waals surface area contributed by atoms with Crippen LogP contribution in [0.3, 0.4) is 0 Å². The lowest BCUT2D eigenvalue weighted by molar-refractivity contribution is -0.134. The minimum Gasteiger partial charge on any atom is -0.340 e. The highest BCUT2D eigenvalue weighted by atomic mass is 32.1. The van der Waals surface area contributed by atoms with Gasteiger partial charge < -0.3 is 9.42 Å². The van der Waals surface area contributed by atoms with Gasteiger partial charge in [-0.25, -0.2) is 0 Å². The Bertz CT molecular complexity index is 676. The zero-order valence-corrected chi connectivity index (χ0v) is 14.0. The maximum absolute atomic E-state index is 12.2. The normalized spacial score (nSPS) is 24.8. The summed E-state index contributed by atoms with van der Waals surface area (Å²) in [6.07, 6.45) is 1.06. The number of hydrogen-bond acceptors (Lipinski definition) is 6. The minimum atomic E-state index is 0.283. The number of piperazine rings is 1. The van der Waals surface area contributed by atoms with E-state index in [1.165, 1.54) is 0 Å². The quantitative estimate of drug-likeness (QED) is 0.858. The van der Waals surface area contributed by atoms with Crippen molar-refractivity contribution in [3.05, 3.63) is 22.7 Å². The van der Waals surface area contributed by atoms with E-state index in [1.54, 1.807) is 11.3 Å². The average molecular weight is 332 g/mol. The lowest BCUT2D eigenvalue weighted by atomic mass is 10.2. The fraction of sp³-hybridized carbons (Fsp3) is 0.562. The number of rotatable bonds is 4. The van der Waals surface area contributed by atoms with Crippen molar-refractivity contribution in [1.29, 1.82) is 0 Å². The van der Waals surface area contributed by atoms with Gasteiger partial charge in [0.2, 0.25) is 17.6 Å². The molecule has 6 nitrogen and oxygen atoms in total. The molecule has 0 spiro atoms. The van der Waals surface area contributed by atoms with Gasteiger partial charge in [0.05, 0.1) is 6.54 Å². The number of hydrogen-bond donors (Lipinski definition) is 0. The Labute approximate surface area is 139 Å². The van der Waals surface area contributed by atoms with Crippen molar-refractivity contribution in [2.45, 2.75) is 19.9 Å². The summed E-state index contributed by atoms with van der Waals surface area (Å²) in [6.45, 7) is 6.13. The van der Waals surface area contributed by atoms with Crippen LogP contribution < -0.4 is 0 Å². The van der Waals surface area contributed by atoms with Gasteiger partial charge in [-0.1, -0.05) is 12.1 Å². The molecule has 1 aliphatic carbocycles. The van der Waals surface area contributed by atoms with Crippen molar-refractivity contribution in [1.82, 2.24) is 19.9 Å². The Morgan fingerprint density at radius 3 is 2.83 bits per heavy atom. The van der Waals surface area contributed by atoms with Gasteiger partial charge in [-0.05, 0) is 23.8 Å². The van der Waals surface area contributed by atoms with Gasteiger partial charge in [-0.15, -0.1) is 0 Å². The standard InChI is InChI=1S/C16H20N4O2S/c1-11-8-13(11)16(21)20-5-3-19(4-6-20)9-14-17-15(18-22-14)12-2-7-23-10-12/h2,7,10-11,13H,3-6,8-9H2,1H3/t11-,13-/m0/s1. The molecule has 0 bridgehead atoms. The van der Waals surface area contributed by atoms with E-state index in [-0.39, 0.29) is 5.92 Å². The molecule has 122 valence electrons. The minimum absolute atomic E-state index is 0.283. The second-order valence-corrected chi connectivity index (χ2v) is 7.22. The lowest BCUT2D eigenvalue weighted by Crippen LogP contribution is -2.48. The van der Waals surface area contributed by atoms with Gasteiger partial charge >= 0.3 is 0 Å². The largest absolute Gasteiger partial charge is 0.340 e. The van der Waals surface area contributed by atoms with Crippen LogP contribution >= 0.6 is 11.3 Å². The third kappa shape index (κ3) is 3.16. The van der Waals surface area contributed by atoms with Crippen molar-refractivity contribution < 1.29 is 9.32 Å². The zero-order chi connectivity index (χ0) is 15.8. The molecule has 7 heteroatoms. The Hall–Kier alpha value is -1.73. The molecule has 2 fully saturated rings. The molecule has 3 heterocycles. The van der Waals surface area contributed by atoms with Gasteiger partial charge in [0.1, 0.15) is 0 Å². The Morgan fingerprint density at radius 1 is 1.39 bits per heavy atom. The van der Waals surface area contributed by atoms with Crippen LogP contribution in [-0.2, 0) is 11.3 Å². The number of amides is 1. The second kappa shape index (κ2) is 6.05. The molecule has 4 rings (SSSR count). The Morgan fingerprint density at radius 2 is 2.17 bits per heavy atom. The number of nitrogens with zero attached hydrogens (tertiary/aromatic N) is 4. The third-order valence-corrected chi connectivity index (χ3v) is 5.40. The summed E-state index contributed by atoms with van der Waals surface area (Å²) in [6, 6.07) is 1.99. The number of carbonyl (C=O) groups excluding carboxylic acids is 1. The molecule has 2 atom stereocenters. The second-order valence-electron chi connectivity index (χ2n) is 6.44.